The molecule has 0 N–H and O–H groups in total. The maximum atomic E-state index is 13.0. The number of pyridine rings is 1. The van der Waals surface area contributed by atoms with Crippen molar-refractivity contribution >= 4 is 5.69 Å². The summed E-state index contributed by atoms with van der Waals surface area (Å²) in [4.78, 5) is 5.81. The Hall–Kier alpha value is -1.12. The van der Waals surface area contributed by atoms with Crippen molar-refractivity contribution in [3.8, 4) is 0 Å². The number of anilines is 1. The van der Waals surface area contributed by atoms with Gasteiger partial charge in [0, 0.05) is 31.0 Å². The highest BCUT2D eigenvalue weighted by Crippen LogP contribution is 2.28. The van der Waals surface area contributed by atoms with Crippen LogP contribution in [0.1, 0.15) is 26.2 Å². The van der Waals surface area contributed by atoms with Crippen LogP contribution in [-0.4, -0.2) is 18.1 Å². The molecule has 0 saturated heterocycles. The molecule has 2 nitrogen and oxygen atoms in total. The number of nitrogens with zero attached hydrogens (tertiary/aromatic N) is 2. The Kier molecular flexibility index (Phi) is 3.19. The molecule has 1 aliphatic carbocycles. The van der Waals surface area contributed by atoms with Crippen molar-refractivity contribution in [1.82, 2.24) is 4.98 Å². The molecule has 1 aliphatic rings. The Labute approximate surface area is 90.1 Å². The molecule has 1 saturated carbocycles. The third kappa shape index (κ3) is 2.46. The maximum absolute atomic E-state index is 13.0. The molecule has 3 heteroatoms. The van der Waals surface area contributed by atoms with E-state index in [-0.39, 0.29) is 5.95 Å². The molecule has 1 aromatic rings. The van der Waals surface area contributed by atoms with Gasteiger partial charge < -0.3 is 4.90 Å². The average Bonchev–Trinajstić information content (AvgIpc) is 2.16. The first-order valence-corrected chi connectivity index (χ1v) is 5.66. The van der Waals surface area contributed by atoms with E-state index in [2.05, 4.69) is 16.8 Å². The lowest BCUT2D eigenvalue weighted by atomic mass is 9.85. The molecular weight excluding hydrogens is 191 g/mol. The minimum absolute atomic E-state index is 0.389. The van der Waals surface area contributed by atoms with Crippen LogP contribution in [-0.2, 0) is 0 Å². The number of hydrogen-bond donors (Lipinski definition) is 0. The summed E-state index contributed by atoms with van der Waals surface area (Å²) in [6.07, 6.45) is 5.54. The smallest absolute Gasteiger partial charge is 0.214 e. The fourth-order valence-electron chi connectivity index (χ4n) is 1.99. The summed E-state index contributed by atoms with van der Waals surface area (Å²) in [5.41, 5.74) is 0.955. The summed E-state index contributed by atoms with van der Waals surface area (Å²) in [5.74, 6) is 0.417. The minimum atomic E-state index is -0.389. The van der Waals surface area contributed by atoms with Crippen LogP contribution in [0.15, 0.2) is 18.3 Å². The van der Waals surface area contributed by atoms with Crippen LogP contribution in [0.25, 0.3) is 0 Å². The highest BCUT2D eigenvalue weighted by molar-refractivity contribution is 5.44. The standard InChI is InChI=1S/C12H17FN2/c1-2-15(9-10-4-3-5-10)11-6-7-14-12(13)8-11/h6-8,10H,2-5,9H2,1H3. The fraction of sp³-hybridized carbons (Fsp3) is 0.583. The zero-order valence-corrected chi connectivity index (χ0v) is 9.12. The van der Waals surface area contributed by atoms with Gasteiger partial charge in [-0.05, 0) is 31.7 Å². The lowest BCUT2D eigenvalue weighted by Crippen LogP contribution is -2.32. The molecule has 15 heavy (non-hydrogen) atoms. The second-order valence-corrected chi connectivity index (χ2v) is 4.17. The van der Waals surface area contributed by atoms with Crippen molar-refractivity contribution in [3.05, 3.63) is 24.3 Å². The molecule has 0 aromatic carbocycles. The van der Waals surface area contributed by atoms with Crippen LogP contribution in [0.3, 0.4) is 0 Å². The van der Waals surface area contributed by atoms with Crippen molar-refractivity contribution in [2.24, 2.45) is 5.92 Å². The first-order chi connectivity index (χ1) is 7.29. The van der Waals surface area contributed by atoms with E-state index in [4.69, 9.17) is 0 Å². The summed E-state index contributed by atoms with van der Waals surface area (Å²) in [7, 11) is 0. The van der Waals surface area contributed by atoms with E-state index >= 15 is 0 Å². The number of hydrogen-bond acceptors (Lipinski definition) is 2. The highest BCUT2D eigenvalue weighted by atomic mass is 19.1. The predicted octanol–water partition coefficient (Wildman–Crippen LogP) is 2.85. The summed E-state index contributed by atoms with van der Waals surface area (Å²) < 4.78 is 13.0. The molecule has 1 fully saturated rings. The van der Waals surface area contributed by atoms with Crippen molar-refractivity contribution in [1.29, 1.82) is 0 Å². The van der Waals surface area contributed by atoms with Gasteiger partial charge in [0.05, 0.1) is 0 Å². The monoisotopic (exact) mass is 208 g/mol. The van der Waals surface area contributed by atoms with Gasteiger partial charge in [0.15, 0.2) is 0 Å². The Balaban J connectivity index is 2.04. The van der Waals surface area contributed by atoms with Crippen molar-refractivity contribution < 1.29 is 4.39 Å². The Morgan fingerprint density at radius 3 is 2.87 bits per heavy atom. The fourth-order valence-corrected chi connectivity index (χ4v) is 1.99. The first kappa shape index (κ1) is 10.4. The van der Waals surface area contributed by atoms with Crippen LogP contribution in [0.4, 0.5) is 10.1 Å². The Morgan fingerprint density at radius 1 is 1.53 bits per heavy atom. The van der Waals surface area contributed by atoms with Crippen molar-refractivity contribution in [2.45, 2.75) is 26.2 Å². The van der Waals surface area contributed by atoms with E-state index in [1.807, 2.05) is 6.07 Å². The zero-order chi connectivity index (χ0) is 10.7. The summed E-state index contributed by atoms with van der Waals surface area (Å²) in [5, 5.41) is 0. The molecule has 0 amide bonds. The third-order valence-corrected chi connectivity index (χ3v) is 3.16. The number of aromatic nitrogens is 1. The summed E-state index contributed by atoms with van der Waals surface area (Å²) in [6.45, 7) is 4.09. The lowest BCUT2D eigenvalue weighted by Gasteiger charge is -2.33. The molecule has 0 bridgehead atoms. The highest BCUT2D eigenvalue weighted by Gasteiger charge is 2.20. The number of rotatable bonds is 4. The van der Waals surface area contributed by atoms with E-state index in [9.17, 15) is 4.39 Å². The Morgan fingerprint density at radius 2 is 2.33 bits per heavy atom. The summed E-state index contributed by atoms with van der Waals surface area (Å²) in [6, 6.07) is 3.40. The van der Waals surface area contributed by atoms with E-state index in [1.165, 1.54) is 31.5 Å². The molecule has 0 spiro atoms. The molecule has 0 aliphatic heterocycles. The molecule has 2 rings (SSSR count). The van der Waals surface area contributed by atoms with E-state index in [1.54, 1.807) is 0 Å². The second kappa shape index (κ2) is 4.60. The molecule has 1 aromatic heterocycles. The van der Waals surface area contributed by atoms with Crippen LogP contribution in [0.2, 0.25) is 0 Å². The van der Waals surface area contributed by atoms with E-state index < -0.39 is 0 Å². The minimum Gasteiger partial charge on any atom is -0.371 e. The van der Waals surface area contributed by atoms with Gasteiger partial charge in [-0.2, -0.15) is 4.39 Å². The largest absolute Gasteiger partial charge is 0.371 e. The van der Waals surface area contributed by atoms with E-state index in [0.29, 0.717) is 0 Å². The quantitative estimate of drug-likeness (QED) is 0.707. The van der Waals surface area contributed by atoms with Crippen molar-refractivity contribution in [2.75, 3.05) is 18.0 Å². The third-order valence-electron chi connectivity index (χ3n) is 3.16. The normalized spacial score (nSPS) is 16.1. The lowest BCUT2D eigenvalue weighted by molar-refractivity contribution is 0.318. The van der Waals surface area contributed by atoms with Crippen LogP contribution in [0, 0.1) is 11.9 Å². The van der Waals surface area contributed by atoms with Crippen LogP contribution >= 0.6 is 0 Å². The number of halogens is 1. The van der Waals surface area contributed by atoms with Gasteiger partial charge >= 0.3 is 0 Å². The van der Waals surface area contributed by atoms with Gasteiger partial charge in [-0.3, -0.25) is 0 Å². The van der Waals surface area contributed by atoms with Gasteiger partial charge in [0.2, 0.25) is 5.95 Å². The van der Waals surface area contributed by atoms with E-state index in [0.717, 1.165) is 24.7 Å². The molecule has 0 radical (unpaired) electrons. The van der Waals surface area contributed by atoms with Gasteiger partial charge in [-0.15, -0.1) is 0 Å². The average molecular weight is 208 g/mol. The van der Waals surface area contributed by atoms with Crippen LogP contribution in [0.5, 0.6) is 0 Å². The molecule has 1 heterocycles. The maximum Gasteiger partial charge on any atom is 0.214 e. The first-order valence-electron chi connectivity index (χ1n) is 5.66. The van der Waals surface area contributed by atoms with Gasteiger partial charge in [0.1, 0.15) is 0 Å². The second-order valence-electron chi connectivity index (χ2n) is 4.17. The molecule has 0 atom stereocenters. The molecule has 82 valence electrons. The topological polar surface area (TPSA) is 16.1 Å². The molecular formula is C12H17FN2. The van der Waals surface area contributed by atoms with Gasteiger partial charge in [-0.1, -0.05) is 6.42 Å². The van der Waals surface area contributed by atoms with Crippen molar-refractivity contribution in [3.63, 3.8) is 0 Å². The predicted molar refractivity (Wildman–Crippen MR) is 59.4 cm³/mol. The van der Waals surface area contributed by atoms with Crippen LogP contribution < -0.4 is 4.90 Å². The van der Waals surface area contributed by atoms with Gasteiger partial charge in [-0.25, -0.2) is 4.98 Å². The zero-order valence-electron chi connectivity index (χ0n) is 9.12. The summed E-state index contributed by atoms with van der Waals surface area (Å²) >= 11 is 0. The SMILES string of the molecule is CCN(CC1CCC1)c1ccnc(F)c1. The van der Waals surface area contributed by atoms with Gasteiger partial charge in [0.25, 0.3) is 0 Å². The Bertz CT molecular complexity index is 323. The molecule has 0 unspecified atom stereocenters.